The lowest BCUT2D eigenvalue weighted by atomic mass is 9.97. The van der Waals surface area contributed by atoms with E-state index in [1.807, 2.05) is 12.1 Å². The largest absolute Gasteiger partial charge is 0.456 e. The van der Waals surface area contributed by atoms with Gasteiger partial charge >= 0.3 is 0 Å². The van der Waals surface area contributed by atoms with Crippen LogP contribution >= 0.6 is 0 Å². The van der Waals surface area contributed by atoms with E-state index in [9.17, 15) is 0 Å². The van der Waals surface area contributed by atoms with E-state index in [-0.39, 0.29) is 0 Å². The maximum Gasteiger partial charge on any atom is 0.235 e. The number of fused-ring (bicyclic) bond motifs is 11. The van der Waals surface area contributed by atoms with E-state index in [2.05, 4.69) is 156 Å². The summed E-state index contributed by atoms with van der Waals surface area (Å²) < 4.78 is 8.70. The molecule has 0 aliphatic heterocycles. The summed E-state index contributed by atoms with van der Waals surface area (Å²) in [7, 11) is 0. The number of para-hydroxylation sites is 2. The molecule has 0 unspecified atom stereocenters. The first-order valence-electron chi connectivity index (χ1n) is 16.9. The topological polar surface area (TPSA) is 43.9 Å². The lowest BCUT2D eigenvalue weighted by molar-refractivity contribution is 0.669. The molecule has 0 aliphatic rings. The maximum absolute atomic E-state index is 6.38. The highest BCUT2D eigenvalue weighted by molar-refractivity contribution is 6.23. The van der Waals surface area contributed by atoms with Crippen LogP contribution in [0.15, 0.2) is 168 Å². The zero-order valence-corrected chi connectivity index (χ0v) is 26.8. The van der Waals surface area contributed by atoms with E-state index in [1.54, 1.807) is 0 Å². The predicted octanol–water partition coefficient (Wildman–Crippen LogP) is 12.3. The van der Waals surface area contributed by atoms with Gasteiger partial charge in [0.25, 0.3) is 0 Å². The molecule has 0 atom stereocenters. The molecular weight excluding hydrogens is 611 g/mol. The molecule has 232 valence electrons. The van der Waals surface area contributed by atoms with Gasteiger partial charge in [0.05, 0.1) is 22.2 Å². The number of aromatic nitrogens is 3. The summed E-state index contributed by atoms with van der Waals surface area (Å²) >= 11 is 0. The van der Waals surface area contributed by atoms with Crippen LogP contribution in [-0.2, 0) is 0 Å². The third kappa shape index (κ3) is 3.81. The van der Waals surface area contributed by atoms with Gasteiger partial charge in [0.1, 0.15) is 11.2 Å². The van der Waals surface area contributed by atoms with Gasteiger partial charge in [-0.05, 0) is 34.5 Å². The Bertz CT molecular complexity index is 3150. The number of nitrogens with zero attached hydrogens (tertiary/aromatic N) is 3. The highest BCUT2D eigenvalue weighted by atomic mass is 16.3. The third-order valence-electron chi connectivity index (χ3n) is 10.2. The van der Waals surface area contributed by atoms with Gasteiger partial charge in [-0.15, -0.1) is 0 Å². The highest BCUT2D eigenvalue weighted by Crippen LogP contribution is 2.44. The second-order valence-electron chi connectivity index (χ2n) is 12.9. The van der Waals surface area contributed by atoms with Crippen LogP contribution in [0.25, 0.3) is 105 Å². The quantitative estimate of drug-likeness (QED) is 0.181. The molecule has 0 N–H and O–H groups in total. The molecular formula is C46H27N3O. The van der Waals surface area contributed by atoms with Crippen molar-refractivity contribution < 1.29 is 4.42 Å². The Morgan fingerprint density at radius 3 is 1.88 bits per heavy atom. The Morgan fingerprint density at radius 2 is 1.02 bits per heavy atom. The monoisotopic (exact) mass is 637 g/mol. The first kappa shape index (κ1) is 27.2. The fourth-order valence-corrected chi connectivity index (χ4v) is 8.01. The molecule has 8 aromatic carbocycles. The van der Waals surface area contributed by atoms with Crippen LogP contribution < -0.4 is 0 Å². The standard InChI is InChI=1S/C46H27N3O/c1-2-14-30(15-3-1)42-38-27-25-28-12-4-6-16-31(28)43(38)48-46(47-42)49-44-32-17-7-5-13-29(32)24-26-36(44)35-21-10-20-34(45(35)49)33-19-11-23-40-41(33)37-18-8-9-22-39(37)50-40/h1-27H. The third-order valence-corrected chi connectivity index (χ3v) is 10.2. The van der Waals surface area contributed by atoms with E-state index in [0.717, 1.165) is 93.2 Å². The molecule has 0 fully saturated rings. The summed E-state index contributed by atoms with van der Waals surface area (Å²) in [4.78, 5) is 11.0. The molecule has 11 aromatic rings. The molecule has 0 aliphatic carbocycles. The van der Waals surface area contributed by atoms with Crippen molar-refractivity contribution in [3.63, 3.8) is 0 Å². The highest BCUT2D eigenvalue weighted by Gasteiger charge is 2.23. The molecule has 4 heteroatoms. The average molecular weight is 638 g/mol. The second kappa shape index (κ2) is 10.4. The first-order chi connectivity index (χ1) is 24.8. The zero-order valence-electron chi connectivity index (χ0n) is 26.8. The van der Waals surface area contributed by atoms with Crippen molar-refractivity contribution in [2.24, 2.45) is 0 Å². The first-order valence-corrected chi connectivity index (χ1v) is 16.9. The maximum atomic E-state index is 6.38. The van der Waals surface area contributed by atoms with Crippen molar-refractivity contribution in [3.05, 3.63) is 164 Å². The lowest BCUT2D eigenvalue weighted by Gasteiger charge is -2.15. The van der Waals surface area contributed by atoms with Crippen molar-refractivity contribution in [1.82, 2.24) is 14.5 Å². The van der Waals surface area contributed by atoms with Crippen molar-refractivity contribution in [2.75, 3.05) is 0 Å². The van der Waals surface area contributed by atoms with Crippen LogP contribution in [0.5, 0.6) is 0 Å². The molecule has 0 radical (unpaired) electrons. The van der Waals surface area contributed by atoms with E-state index >= 15 is 0 Å². The number of hydrogen-bond acceptors (Lipinski definition) is 3. The van der Waals surface area contributed by atoms with Crippen molar-refractivity contribution in [1.29, 1.82) is 0 Å². The number of furan rings is 1. The van der Waals surface area contributed by atoms with Crippen molar-refractivity contribution >= 4 is 76.2 Å². The number of benzene rings is 8. The molecule has 11 rings (SSSR count). The Hall–Kier alpha value is -6.78. The van der Waals surface area contributed by atoms with Gasteiger partial charge in [-0.1, -0.05) is 146 Å². The van der Waals surface area contributed by atoms with Crippen LogP contribution in [0.1, 0.15) is 0 Å². The van der Waals surface area contributed by atoms with Crippen molar-refractivity contribution in [3.8, 4) is 28.3 Å². The summed E-state index contributed by atoms with van der Waals surface area (Å²) in [6.07, 6.45) is 0. The van der Waals surface area contributed by atoms with Gasteiger partial charge < -0.3 is 4.42 Å². The van der Waals surface area contributed by atoms with Crippen LogP contribution in [0, 0.1) is 0 Å². The van der Waals surface area contributed by atoms with E-state index in [1.165, 1.54) is 5.39 Å². The smallest absolute Gasteiger partial charge is 0.235 e. The van der Waals surface area contributed by atoms with Gasteiger partial charge in [0, 0.05) is 48.8 Å². The predicted molar refractivity (Wildman–Crippen MR) is 207 cm³/mol. The molecule has 4 nitrogen and oxygen atoms in total. The SMILES string of the molecule is c1ccc(-c2nc(-n3c4c(-c5cccc6oc7ccccc7c56)cccc4c4ccc5ccccc5c43)nc3c2ccc2ccccc23)cc1. The van der Waals surface area contributed by atoms with Gasteiger partial charge in [0.2, 0.25) is 5.95 Å². The van der Waals surface area contributed by atoms with Crippen LogP contribution in [0.4, 0.5) is 0 Å². The van der Waals surface area contributed by atoms with E-state index in [4.69, 9.17) is 14.4 Å². The molecule has 0 spiro atoms. The summed E-state index contributed by atoms with van der Waals surface area (Å²) in [5.41, 5.74) is 9.01. The fourth-order valence-electron chi connectivity index (χ4n) is 8.01. The van der Waals surface area contributed by atoms with Crippen LogP contribution in [0.2, 0.25) is 0 Å². The molecule has 0 saturated heterocycles. The van der Waals surface area contributed by atoms with Crippen LogP contribution in [0.3, 0.4) is 0 Å². The Labute approximate surface area is 286 Å². The molecule has 0 bridgehead atoms. The summed E-state index contributed by atoms with van der Waals surface area (Å²) in [5, 5.41) is 10.1. The summed E-state index contributed by atoms with van der Waals surface area (Å²) in [5.74, 6) is 0.640. The fraction of sp³-hybridized carbons (Fsp3) is 0. The van der Waals surface area contributed by atoms with Crippen LogP contribution in [-0.4, -0.2) is 14.5 Å². The van der Waals surface area contributed by atoms with Gasteiger partial charge in [-0.2, -0.15) is 0 Å². The Morgan fingerprint density at radius 1 is 0.400 bits per heavy atom. The van der Waals surface area contributed by atoms with Gasteiger partial charge in [0.15, 0.2) is 0 Å². The van der Waals surface area contributed by atoms with E-state index < -0.39 is 0 Å². The minimum atomic E-state index is 0.640. The Kier molecular flexibility index (Phi) is 5.63. The normalized spacial score (nSPS) is 12.0. The molecule has 3 heterocycles. The van der Waals surface area contributed by atoms with Crippen molar-refractivity contribution in [2.45, 2.75) is 0 Å². The van der Waals surface area contributed by atoms with Gasteiger partial charge in [-0.25, -0.2) is 9.97 Å². The lowest BCUT2D eigenvalue weighted by Crippen LogP contribution is -2.05. The van der Waals surface area contributed by atoms with E-state index in [0.29, 0.717) is 5.95 Å². The minimum Gasteiger partial charge on any atom is -0.456 e. The average Bonchev–Trinajstić information content (AvgIpc) is 3.74. The Balaban J connectivity index is 1.36. The zero-order chi connectivity index (χ0) is 32.8. The van der Waals surface area contributed by atoms with Gasteiger partial charge in [-0.3, -0.25) is 4.57 Å². The number of hydrogen-bond donors (Lipinski definition) is 0. The summed E-state index contributed by atoms with van der Waals surface area (Å²) in [6.45, 7) is 0. The molecule has 0 saturated carbocycles. The molecule has 0 amide bonds. The second-order valence-corrected chi connectivity index (χ2v) is 12.9. The summed E-state index contributed by atoms with van der Waals surface area (Å²) in [6, 6.07) is 57.7. The number of rotatable bonds is 3. The minimum absolute atomic E-state index is 0.640. The molecule has 3 aromatic heterocycles. The molecule has 50 heavy (non-hydrogen) atoms.